The third kappa shape index (κ3) is 3.41. The van der Waals surface area contributed by atoms with Crippen LogP contribution in [0.5, 0.6) is 0 Å². The van der Waals surface area contributed by atoms with Crippen molar-refractivity contribution in [2.24, 2.45) is 0 Å². The number of rotatable bonds is 5. The molecule has 2 rings (SSSR count). The highest BCUT2D eigenvalue weighted by Crippen LogP contribution is 2.16. The molecule has 1 heterocycles. The molecule has 1 aromatic heterocycles. The molecule has 106 valence electrons. The summed E-state index contributed by atoms with van der Waals surface area (Å²) in [4.78, 5) is 12.1. The average molecular weight is 272 g/mol. The highest BCUT2D eigenvalue weighted by molar-refractivity contribution is 5.94. The van der Waals surface area contributed by atoms with Gasteiger partial charge in [-0.3, -0.25) is 4.79 Å². The summed E-state index contributed by atoms with van der Waals surface area (Å²) < 4.78 is 5.51. The van der Waals surface area contributed by atoms with Gasteiger partial charge in [0.25, 0.3) is 5.91 Å². The van der Waals surface area contributed by atoms with Crippen molar-refractivity contribution in [2.75, 3.05) is 11.9 Å². The molecule has 2 N–H and O–H groups in total. The molecule has 0 aliphatic carbocycles. The zero-order valence-corrected chi connectivity index (χ0v) is 12.1. The van der Waals surface area contributed by atoms with Crippen LogP contribution in [0.25, 0.3) is 0 Å². The lowest BCUT2D eigenvalue weighted by molar-refractivity contribution is 0.0935. The molecule has 1 atom stereocenters. The molecule has 0 saturated heterocycles. The fourth-order valence-corrected chi connectivity index (χ4v) is 1.98. The molecular weight excluding hydrogens is 252 g/mol. The molecule has 0 radical (unpaired) electrons. The second-order valence-corrected chi connectivity index (χ2v) is 4.75. The lowest BCUT2D eigenvalue weighted by atomic mass is 10.1. The molecule has 0 aliphatic rings. The average Bonchev–Trinajstić information content (AvgIpc) is 2.86. The molecule has 0 fully saturated rings. The van der Waals surface area contributed by atoms with Gasteiger partial charge in [0, 0.05) is 17.8 Å². The van der Waals surface area contributed by atoms with E-state index in [1.165, 1.54) is 0 Å². The summed E-state index contributed by atoms with van der Waals surface area (Å²) in [7, 11) is 0. The number of carbonyl (C=O) groups is 1. The van der Waals surface area contributed by atoms with Crippen LogP contribution in [0, 0.1) is 6.92 Å². The lowest BCUT2D eigenvalue weighted by Gasteiger charge is -2.12. The van der Waals surface area contributed by atoms with Crippen LogP contribution < -0.4 is 10.6 Å². The number of anilines is 1. The number of amides is 1. The minimum Gasteiger partial charge on any atom is -0.464 e. The second-order valence-electron chi connectivity index (χ2n) is 4.75. The number of benzene rings is 1. The third-order valence-electron chi connectivity index (χ3n) is 3.06. The summed E-state index contributed by atoms with van der Waals surface area (Å²) in [5.74, 6) is 1.51. The number of aryl methyl sites for hydroxylation is 1. The molecular formula is C16H20N2O2. The molecule has 1 amide bonds. The Morgan fingerprint density at radius 2 is 1.90 bits per heavy atom. The quantitative estimate of drug-likeness (QED) is 0.875. The van der Waals surface area contributed by atoms with Gasteiger partial charge in [-0.1, -0.05) is 0 Å². The van der Waals surface area contributed by atoms with Crippen LogP contribution >= 0.6 is 0 Å². The largest absolute Gasteiger partial charge is 0.464 e. The maximum absolute atomic E-state index is 12.1. The van der Waals surface area contributed by atoms with E-state index in [-0.39, 0.29) is 11.9 Å². The summed E-state index contributed by atoms with van der Waals surface area (Å²) in [6.45, 7) is 6.69. The Bertz CT molecular complexity index is 572. The van der Waals surface area contributed by atoms with Crippen molar-refractivity contribution < 1.29 is 9.21 Å². The van der Waals surface area contributed by atoms with Gasteiger partial charge in [0.2, 0.25) is 0 Å². The number of hydrogen-bond acceptors (Lipinski definition) is 3. The fraction of sp³-hybridized carbons (Fsp3) is 0.312. The molecule has 1 unspecified atom stereocenters. The molecule has 4 nitrogen and oxygen atoms in total. The van der Waals surface area contributed by atoms with Crippen LogP contribution in [0.3, 0.4) is 0 Å². The predicted molar refractivity (Wildman–Crippen MR) is 79.9 cm³/mol. The highest BCUT2D eigenvalue weighted by atomic mass is 16.3. The smallest absolute Gasteiger partial charge is 0.251 e. The van der Waals surface area contributed by atoms with E-state index in [1.807, 2.05) is 57.2 Å². The first-order chi connectivity index (χ1) is 9.60. The SMILES string of the molecule is CCNc1ccc(C(=O)NC(C)c2ccc(C)o2)cc1. The Balaban J connectivity index is 2.00. The number of hydrogen-bond donors (Lipinski definition) is 2. The first kappa shape index (κ1) is 14.2. The van der Waals surface area contributed by atoms with Crippen molar-refractivity contribution in [3.8, 4) is 0 Å². The van der Waals surface area contributed by atoms with Gasteiger partial charge in [0.15, 0.2) is 0 Å². The van der Waals surface area contributed by atoms with E-state index in [0.29, 0.717) is 5.56 Å². The minimum atomic E-state index is -0.148. The molecule has 4 heteroatoms. The van der Waals surface area contributed by atoms with Gasteiger partial charge in [-0.2, -0.15) is 0 Å². The van der Waals surface area contributed by atoms with Crippen LogP contribution in [-0.4, -0.2) is 12.5 Å². The zero-order chi connectivity index (χ0) is 14.5. The number of carbonyl (C=O) groups excluding carboxylic acids is 1. The van der Waals surface area contributed by atoms with E-state index >= 15 is 0 Å². The molecule has 0 aliphatic heterocycles. The van der Waals surface area contributed by atoms with Crippen molar-refractivity contribution >= 4 is 11.6 Å². The Kier molecular flexibility index (Phi) is 4.45. The van der Waals surface area contributed by atoms with Crippen molar-refractivity contribution in [1.29, 1.82) is 0 Å². The normalized spacial score (nSPS) is 11.9. The maximum atomic E-state index is 12.1. The van der Waals surface area contributed by atoms with Gasteiger partial charge in [0.05, 0.1) is 6.04 Å². The monoisotopic (exact) mass is 272 g/mol. The molecule has 20 heavy (non-hydrogen) atoms. The van der Waals surface area contributed by atoms with E-state index in [0.717, 1.165) is 23.8 Å². The van der Waals surface area contributed by atoms with Crippen LogP contribution in [0.1, 0.15) is 41.8 Å². The van der Waals surface area contributed by atoms with Crippen LogP contribution in [0.2, 0.25) is 0 Å². The van der Waals surface area contributed by atoms with E-state index in [4.69, 9.17) is 4.42 Å². The molecule has 2 aromatic rings. The topological polar surface area (TPSA) is 54.3 Å². The summed E-state index contributed by atoms with van der Waals surface area (Å²) in [5.41, 5.74) is 1.65. The Hall–Kier alpha value is -2.23. The fourth-order valence-electron chi connectivity index (χ4n) is 1.98. The number of nitrogens with one attached hydrogen (secondary N) is 2. The summed E-state index contributed by atoms with van der Waals surface area (Å²) in [5, 5.41) is 6.12. The van der Waals surface area contributed by atoms with Gasteiger partial charge in [-0.15, -0.1) is 0 Å². The lowest BCUT2D eigenvalue weighted by Crippen LogP contribution is -2.26. The van der Waals surface area contributed by atoms with Gasteiger partial charge >= 0.3 is 0 Å². The van der Waals surface area contributed by atoms with Gasteiger partial charge in [0.1, 0.15) is 11.5 Å². The van der Waals surface area contributed by atoms with Gasteiger partial charge in [-0.05, 0) is 57.2 Å². The Morgan fingerprint density at radius 3 is 2.45 bits per heavy atom. The van der Waals surface area contributed by atoms with Gasteiger partial charge < -0.3 is 15.1 Å². The van der Waals surface area contributed by atoms with Crippen molar-refractivity contribution in [3.63, 3.8) is 0 Å². The van der Waals surface area contributed by atoms with E-state index < -0.39 is 0 Å². The first-order valence-corrected chi connectivity index (χ1v) is 6.81. The maximum Gasteiger partial charge on any atom is 0.251 e. The minimum absolute atomic E-state index is 0.102. The zero-order valence-electron chi connectivity index (χ0n) is 12.1. The molecule has 0 spiro atoms. The summed E-state index contributed by atoms with van der Waals surface area (Å²) >= 11 is 0. The molecule has 1 aromatic carbocycles. The third-order valence-corrected chi connectivity index (χ3v) is 3.06. The number of furan rings is 1. The van der Waals surface area contributed by atoms with E-state index in [1.54, 1.807) is 0 Å². The van der Waals surface area contributed by atoms with Crippen LogP contribution in [0.4, 0.5) is 5.69 Å². The molecule has 0 bridgehead atoms. The predicted octanol–water partition coefficient (Wildman–Crippen LogP) is 3.51. The summed E-state index contributed by atoms with van der Waals surface area (Å²) in [6.07, 6.45) is 0. The second kappa shape index (κ2) is 6.28. The van der Waals surface area contributed by atoms with Gasteiger partial charge in [-0.25, -0.2) is 0 Å². The Morgan fingerprint density at radius 1 is 1.20 bits per heavy atom. The standard InChI is InChI=1S/C16H20N2O2/c1-4-17-14-8-6-13(7-9-14)16(19)18-12(3)15-10-5-11(2)20-15/h5-10,12,17H,4H2,1-3H3,(H,18,19). The van der Waals surface area contributed by atoms with E-state index in [2.05, 4.69) is 10.6 Å². The molecule has 0 saturated carbocycles. The van der Waals surface area contributed by atoms with E-state index in [9.17, 15) is 4.79 Å². The Labute approximate surface area is 119 Å². The van der Waals surface area contributed by atoms with Crippen LogP contribution in [0.15, 0.2) is 40.8 Å². The first-order valence-electron chi connectivity index (χ1n) is 6.81. The van der Waals surface area contributed by atoms with Crippen molar-refractivity contribution in [3.05, 3.63) is 53.5 Å². The van der Waals surface area contributed by atoms with Crippen molar-refractivity contribution in [2.45, 2.75) is 26.8 Å². The van der Waals surface area contributed by atoms with Crippen molar-refractivity contribution in [1.82, 2.24) is 5.32 Å². The highest BCUT2D eigenvalue weighted by Gasteiger charge is 2.13. The van der Waals surface area contributed by atoms with Crippen LogP contribution in [-0.2, 0) is 0 Å². The summed E-state index contributed by atoms with van der Waals surface area (Å²) in [6, 6.07) is 11.1.